The quantitative estimate of drug-likeness (QED) is 0.153. The second kappa shape index (κ2) is 9.21. The van der Waals surface area contributed by atoms with Crippen LogP contribution < -0.4 is 10.2 Å². The number of hydrogen-bond acceptors (Lipinski definition) is 7. The van der Waals surface area contributed by atoms with Crippen molar-refractivity contribution in [2.45, 2.75) is 11.7 Å². The summed E-state index contributed by atoms with van der Waals surface area (Å²) >= 11 is 1.06. The zero-order chi connectivity index (χ0) is 23.5. The Hall–Kier alpha value is -4.42. The van der Waals surface area contributed by atoms with Crippen LogP contribution in [-0.4, -0.2) is 27.2 Å². The van der Waals surface area contributed by atoms with Crippen LogP contribution in [0.15, 0.2) is 88.3 Å². The number of hydrogen-bond donors (Lipinski definition) is 1. The topological polar surface area (TPSA) is 112 Å². The molecule has 8 nitrogen and oxygen atoms in total. The molecule has 2 heterocycles. The van der Waals surface area contributed by atoms with Gasteiger partial charge >= 0.3 is 0 Å². The predicted molar refractivity (Wildman–Crippen MR) is 130 cm³/mol. The number of aromatic nitrogens is 1. The van der Waals surface area contributed by atoms with Crippen LogP contribution in [0.2, 0.25) is 0 Å². The number of para-hydroxylation sites is 3. The van der Waals surface area contributed by atoms with E-state index in [1.807, 2.05) is 48.7 Å². The molecule has 166 valence electrons. The van der Waals surface area contributed by atoms with Gasteiger partial charge in [0, 0.05) is 12.0 Å². The highest BCUT2D eigenvalue weighted by Gasteiger charge is 2.40. The molecule has 9 heteroatoms. The fourth-order valence-corrected chi connectivity index (χ4v) is 4.57. The minimum atomic E-state index is -0.687. The summed E-state index contributed by atoms with van der Waals surface area (Å²) in [6.07, 6.45) is 1.85. The molecule has 0 unspecified atom stereocenters. The SMILES string of the molecule is N#CNC(=Nc1ccccc1)S[C@@H]1CC(=O)N(c2ccc(-c3nc4ccccc4o3)cc2)C1=O. The number of rotatable bonds is 4. The van der Waals surface area contributed by atoms with Gasteiger partial charge in [0.05, 0.1) is 11.4 Å². The highest BCUT2D eigenvalue weighted by molar-refractivity contribution is 8.15. The summed E-state index contributed by atoms with van der Waals surface area (Å²) in [6, 6.07) is 23.5. The van der Waals surface area contributed by atoms with Crippen molar-refractivity contribution < 1.29 is 14.0 Å². The fraction of sp³-hybridized carbons (Fsp3) is 0.0800. The lowest BCUT2D eigenvalue weighted by molar-refractivity contribution is -0.121. The van der Waals surface area contributed by atoms with E-state index in [2.05, 4.69) is 15.3 Å². The minimum absolute atomic E-state index is 0.0112. The number of aliphatic imine (C=N–C) groups is 1. The van der Waals surface area contributed by atoms with E-state index in [1.165, 1.54) is 4.90 Å². The van der Waals surface area contributed by atoms with Gasteiger partial charge in [0.2, 0.25) is 17.7 Å². The van der Waals surface area contributed by atoms with Crippen LogP contribution in [0.5, 0.6) is 0 Å². The van der Waals surface area contributed by atoms with Gasteiger partial charge in [-0.2, -0.15) is 5.26 Å². The predicted octanol–water partition coefficient (Wildman–Crippen LogP) is 4.62. The average Bonchev–Trinajstić information content (AvgIpc) is 3.40. The van der Waals surface area contributed by atoms with Crippen LogP contribution in [0, 0.1) is 11.5 Å². The molecule has 3 aromatic carbocycles. The highest BCUT2D eigenvalue weighted by atomic mass is 32.2. The van der Waals surface area contributed by atoms with Crippen molar-refractivity contribution in [1.82, 2.24) is 10.3 Å². The molecule has 1 N–H and O–H groups in total. The highest BCUT2D eigenvalue weighted by Crippen LogP contribution is 2.32. The molecule has 0 radical (unpaired) electrons. The smallest absolute Gasteiger partial charge is 0.247 e. The summed E-state index contributed by atoms with van der Waals surface area (Å²) in [6.45, 7) is 0. The summed E-state index contributed by atoms with van der Waals surface area (Å²) in [5.41, 5.74) is 3.28. The molecule has 1 fully saturated rings. The largest absolute Gasteiger partial charge is 0.436 e. The summed E-state index contributed by atoms with van der Waals surface area (Å²) < 4.78 is 5.79. The van der Waals surface area contributed by atoms with Crippen LogP contribution in [0.25, 0.3) is 22.6 Å². The molecule has 2 amide bonds. The number of thioether (sulfide) groups is 1. The lowest BCUT2D eigenvalue weighted by atomic mass is 10.2. The lowest BCUT2D eigenvalue weighted by Crippen LogP contribution is -2.32. The Morgan fingerprint density at radius 2 is 1.79 bits per heavy atom. The van der Waals surface area contributed by atoms with Crippen molar-refractivity contribution >= 4 is 51.2 Å². The number of oxazole rings is 1. The number of carbonyl (C=O) groups excluding carboxylic acids is 2. The third kappa shape index (κ3) is 4.27. The first-order valence-corrected chi connectivity index (χ1v) is 11.3. The molecule has 0 aliphatic carbocycles. The van der Waals surface area contributed by atoms with Crippen molar-refractivity contribution in [2.24, 2.45) is 4.99 Å². The first-order chi connectivity index (χ1) is 16.6. The van der Waals surface area contributed by atoms with Gasteiger partial charge in [0.1, 0.15) is 10.8 Å². The molecular weight excluding hydrogens is 450 g/mol. The molecule has 4 aromatic rings. The van der Waals surface area contributed by atoms with Crippen molar-refractivity contribution in [3.8, 4) is 17.6 Å². The van der Waals surface area contributed by atoms with Crippen LogP contribution in [0.1, 0.15) is 6.42 Å². The molecule has 0 bridgehead atoms. The van der Waals surface area contributed by atoms with Gasteiger partial charge in [-0.1, -0.05) is 42.1 Å². The summed E-state index contributed by atoms with van der Waals surface area (Å²) in [7, 11) is 0. The van der Waals surface area contributed by atoms with E-state index in [-0.39, 0.29) is 23.4 Å². The van der Waals surface area contributed by atoms with Crippen molar-refractivity contribution in [3.63, 3.8) is 0 Å². The van der Waals surface area contributed by atoms with Crippen LogP contribution in [-0.2, 0) is 9.59 Å². The van der Waals surface area contributed by atoms with Gasteiger partial charge in [-0.05, 0) is 48.5 Å². The first kappa shape index (κ1) is 21.4. The number of benzene rings is 3. The van der Waals surface area contributed by atoms with Crippen molar-refractivity contribution in [3.05, 3.63) is 78.9 Å². The number of nitrogens with one attached hydrogen (secondary N) is 1. The van der Waals surface area contributed by atoms with Gasteiger partial charge in [0.15, 0.2) is 16.9 Å². The number of amides is 2. The Kier molecular flexibility index (Phi) is 5.81. The molecule has 1 atom stereocenters. The number of nitriles is 1. The van der Waals surface area contributed by atoms with E-state index in [0.29, 0.717) is 22.8 Å². The normalized spacial score (nSPS) is 16.1. The van der Waals surface area contributed by atoms with Gasteiger partial charge < -0.3 is 4.42 Å². The van der Waals surface area contributed by atoms with Crippen LogP contribution in [0.4, 0.5) is 11.4 Å². The van der Waals surface area contributed by atoms with Gasteiger partial charge in [-0.25, -0.2) is 14.9 Å². The van der Waals surface area contributed by atoms with Gasteiger partial charge in [-0.3, -0.25) is 14.9 Å². The molecule has 5 rings (SSSR count). The molecule has 1 saturated heterocycles. The zero-order valence-electron chi connectivity index (χ0n) is 17.7. The second-order valence-corrected chi connectivity index (χ2v) is 8.59. The Morgan fingerprint density at radius 1 is 1.06 bits per heavy atom. The Balaban J connectivity index is 1.34. The van der Waals surface area contributed by atoms with E-state index in [0.717, 1.165) is 22.8 Å². The first-order valence-electron chi connectivity index (χ1n) is 10.4. The lowest BCUT2D eigenvalue weighted by Gasteiger charge is -2.15. The molecule has 1 aromatic heterocycles. The Labute approximate surface area is 198 Å². The van der Waals surface area contributed by atoms with Gasteiger partial charge in [-0.15, -0.1) is 0 Å². The second-order valence-electron chi connectivity index (χ2n) is 7.40. The van der Waals surface area contributed by atoms with E-state index >= 15 is 0 Å². The molecule has 1 aliphatic rings. The number of amidine groups is 1. The molecule has 1 aliphatic heterocycles. The average molecular weight is 468 g/mol. The number of carbonyl (C=O) groups is 2. The minimum Gasteiger partial charge on any atom is -0.436 e. The standard InChI is InChI=1S/C25H17N5O3S/c26-15-27-25(28-17-6-2-1-3-7-17)34-21-14-22(31)30(24(21)32)18-12-10-16(11-13-18)23-29-19-8-4-5-9-20(19)33-23/h1-13,21H,14H2,(H,27,28)/t21-/m1/s1. The zero-order valence-corrected chi connectivity index (χ0v) is 18.5. The third-order valence-corrected chi connectivity index (χ3v) is 6.24. The molecule has 0 spiro atoms. The maximum atomic E-state index is 13.1. The number of fused-ring (bicyclic) bond motifs is 1. The summed E-state index contributed by atoms with van der Waals surface area (Å²) in [5.74, 6) is -0.206. The van der Waals surface area contributed by atoms with E-state index in [1.54, 1.807) is 36.4 Å². The third-order valence-electron chi connectivity index (χ3n) is 5.18. The fourth-order valence-electron chi connectivity index (χ4n) is 3.60. The molecule has 0 saturated carbocycles. The summed E-state index contributed by atoms with van der Waals surface area (Å²) in [4.78, 5) is 35.8. The van der Waals surface area contributed by atoms with Gasteiger partial charge in [0.25, 0.3) is 0 Å². The van der Waals surface area contributed by atoms with Crippen molar-refractivity contribution in [1.29, 1.82) is 5.26 Å². The van der Waals surface area contributed by atoms with Crippen LogP contribution >= 0.6 is 11.8 Å². The van der Waals surface area contributed by atoms with Crippen molar-refractivity contribution in [2.75, 3.05) is 4.90 Å². The molecule has 34 heavy (non-hydrogen) atoms. The number of nitrogens with zero attached hydrogens (tertiary/aromatic N) is 4. The Bertz CT molecular complexity index is 1410. The molecular formula is C25H17N5O3S. The van der Waals surface area contributed by atoms with E-state index in [9.17, 15) is 9.59 Å². The number of anilines is 1. The summed E-state index contributed by atoms with van der Waals surface area (Å²) in [5, 5.41) is 11.1. The van der Waals surface area contributed by atoms with Crippen LogP contribution in [0.3, 0.4) is 0 Å². The van der Waals surface area contributed by atoms with E-state index in [4.69, 9.17) is 9.68 Å². The van der Waals surface area contributed by atoms with E-state index < -0.39 is 5.25 Å². The maximum absolute atomic E-state index is 13.1. The number of imide groups is 1. The maximum Gasteiger partial charge on any atom is 0.247 e. The Morgan fingerprint density at radius 3 is 2.53 bits per heavy atom. The monoisotopic (exact) mass is 467 g/mol.